The van der Waals surface area contributed by atoms with E-state index in [9.17, 15) is 8.42 Å². The van der Waals surface area contributed by atoms with Gasteiger partial charge in [-0.05, 0) is 0 Å². The maximum atomic E-state index is 10.4. The highest BCUT2D eigenvalue weighted by Gasteiger charge is 2.02. The predicted molar refractivity (Wildman–Crippen MR) is 36.6 cm³/mol. The molecule has 1 aromatic rings. The summed E-state index contributed by atoms with van der Waals surface area (Å²) in [5, 5.41) is 4.63. The Balaban J connectivity index is 2.82. The molecule has 0 amide bonds. The normalized spacial score (nSPS) is 11.0. The molecule has 0 fully saturated rings. The summed E-state index contributed by atoms with van der Waals surface area (Å²) in [6.07, 6.45) is 2.31. The zero-order valence-corrected chi connectivity index (χ0v) is 6.11. The lowest BCUT2D eigenvalue weighted by Gasteiger charge is -1.97. The van der Waals surface area contributed by atoms with Crippen LogP contribution in [0.15, 0.2) is 12.7 Å². The van der Waals surface area contributed by atoms with Gasteiger partial charge in [0.2, 0.25) is 5.95 Å². The van der Waals surface area contributed by atoms with E-state index >= 15 is 0 Å². The molecule has 0 bridgehead atoms. The summed E-state index contributed by atoms with van der Waals surface area (Å²) in [5.74, 6) is -0.0949. The van der Waals surface area contributed by atoms with Gasteiger partial charge in [0, 0.05) is 0 Å². The maximum absolute atomic E-state index is 10.4. The Hall–Kier alpha value is -1.28. The molecule has 8 heteroatoms. The van der Waals surface area contributed by atoms with Crippen molar-refractivity contribution >= 4 is 16.2 Å². The number of hydrogen-bond acceptors (Lipinski definition) is 5. The lowest BCUT2D eigenvalue weighted by Crippen LogP contribution is -2.22. The molecule has 0 radical (unpaired) electrons. The van der Waals surface area contributed by atoms with Crippen molar-refractivity contribution in [3.05, 3.63) is 12.7 Å². The fourth-order valence-corrected chi connectivity index (χ4v) is 0.779. The number of anilines is 1. The van der Waals surface area contributed by atoms with E-state index < -0.39 is 10.2 Å². The van der Waals surface area contributed by atoms with Crippen molar-refractivity contribution in [2.45, 2.75) is 0 Å². The van der Waals surface area contributed by atoms with Gasteiger partial charge < -0.3 is 0 Å². The van der Waals surface area contributed by atoms with Crippen LogP contribution in [0, 0.1) is 0 Å². The summed E-state index contributed by atoms with van der Waals surface area (Å²) >= 11 is 0. The molecule has 0 aliphatic carbocycles. The standard InChI is InChI=1S/C3H5N5O2S/c4-11(9,10)8-3-6-1-5-2-7-3/h1-2H,(H2,4,9,10)(H,5,6,7,8). The van der Waals surface area contributed by atoms with Crippen molar-refractivity contribution in [1.82, 2.24) is 15.0 Å². The molecule has 60 valence electrons. The van der Waals surface area contributed by atoms with E-state index in [1.807, 2.05) is 4.72 Å². The average molecular weight is 175 g/mol. The minimum atomic E-state index is -3.78. The molecule has 0 spiro atoms. The van der Waals surface area contributed by atoms with E-state index in [4.69, 9.17) is 0 Å². The van der Waals surface area contributed by atoms with Crippen LogP contribution < -0.4 is 9.86 Å². The van der Waals surface area contributed by atoms with E-state index in [0.717, 1.165) is 12.7 Å². The SMILES string of the molecule is NS(=O)(=O)Nc1ncncn1. The molecule has 1 heterocycles. The molecule has 1 rings (SSSR count). The highest BCUT2D eigenvalue weighted by atomic mass is 32.2. The number of aromatic nitrogens is 3. The Morgan fingerprint density at radius 2 is 1.91 bits per heavy atom. The van der Waals surface area contributed by atoms with Gasteiger partial charge in [0.25, 0.3) is 10.2 Å². The van der Waals surface area contributed by atoms with Crippen LogP contribution in [0.2, 0.25) is 0 Å². The predicted octanol–water partition coefficient (Wildman–Crippen LogP) is -1.51. The van der Waals surface area contributed by atoms with Gasteiger partial charge in [-0.3, -0.25) is 0 Å². The second-order valence-corrected chi connectivity index (χ2v) is 2.90. The Morgan fingerprint density at radius 3 is 2.36 bits per heavy atom. The summed E-state index contributed by atoms with van der Waals surface area (Å²) in [4.78, 5) is 10.4. The van der Waals surface area contributed by atoms with Gasteiger partial charge in [-0.2, -0.15) is 8.42 Å². The fourth-order valence-electron chi connectivity index (χ4n) is 0.419. The first-order chi connectivity index (χ1) is 5.08. The molecule has 0 unspecified atom stereocenters. The largest absolute Gasteiger partial charge is 0.298 e. The van der Waals surface area contributed by atoms with Crippen molar-refractivity contribution in [3.8, 4) is 0 Å². The summed E-state index contributed by atoms with van der Waals surface area (Å²) in [7, 11) is -3.78. The molecule has 7 nitrogen and oxygen atoms in total. The Morgan fingerprint density at radius 1 is 1.36 bits per heavy atom. The number of nitrogens with zero attached hydrogens (tertiary/aromatic N) is 3. The lowest BCUT2D eigenvalue weighted by atomic mass is 11.0. The van der Waals surface area contributed by atoms with Crippen molar-refractivity contribution in [2.24, 2.45) is 5.14 Å². The lowest BCUT2D eigenvalue weighted by molar-refractivity contribution is 0.602. The first kappa shape index (κ1) is 7.82. The smallest absolute Gasteiger partial charge is 0.239 e. The van der Waals surface area contributed by atoms with Crippen LogP contribution in [-0.2, 0) is 10.2 Å². The molecule has 0 atom stereocenters. The van der Waals surface area contributed by atoms with Gasteiger partial charge in [0.15, 0.2) is 0 Å². The van der Waals surface area contributed by atoms with Crippen molar-refractivity contribution in [2.75, 3.05) is 4.72 Å². The zero-order valence-electron chi connectivity index (χ0n) is 5.30. The third kappa shape index (κ3) is 2.87. The van der Waals surface area contributed by atoms with Crippen molar-refractivity contribution < 1.29 is 8.42 Å². The van der Waals surface area contributed by atoms with Crippen LogP contribution >= 0.6 is 0 Å². The van der Waals surface area contributed by atoms with E-state index in [1.165, 1.54) is 0 Å². The minimum Gasteiger partial charge on any atom is -0.239 e. The average Bonchev–Trinajstić information content (AvgIpc) is 1.85. The number of rotatable bonds is 2. The van der Waals surface area contributed by atoms with E-state index in [0.29, 0.717) is 0 Å². The zero-order chi connectivity index (χ0) is 8.32. The molecule has 1 aromatic heterocycles. The number of hydrogen-bond donors (Lipinski definition) is 2. The van der Waals surface area contributed by atoms with Crippen LogP contribution in [-0.4, -0.2) is 23.4 Å². The Labute approximate surface area is 62.9 Å². The second-order valence-electron chi connectivity index (χ2n) is 1.61. The maximum Gasteiger partial charge on any atom is 0.298 e. The highest BCUT2D eigenvalue weighted by Crippen LogP contribution is 1.92. The molecular weight excluding hydrogens is 170 g/mol. The third-order valence-corrected chi connectivity index (χ3v) is 1.19. The van der Waals surface area contributed by atoms with Gasteiger partial charge in [-0.25, -0.2) is 24.8 Å². The summed E-state index contributed by atoms with van der Waals surface area (Å²) < 4.78 is 22.6. The highest BCUT2D eigenvalue weighted by molar-refractivity contribution is 7.90. The van der Waals surface area contributed by atoms with Crippen LogP contribution in [0.25, 0.3) is 0 Å². The van der Waals surface area contributed by atoms with Crippen LogP contribution in [0.1, 0.15) is 0 Å². The topological polar surface area (TPSA) is 111 Å². The minimum absolute atomic E-state index is 0.0949. The van der Waals surface area contributed by atoms with E-state index in [1.54, 1.807) is 0 Å². The second kappa shape index (κ2) is 2.76. The molecule has 3 N–H and O–H groups in total. The Kier molecular flexibility index (Phi) is 1.96. The van der Waals surface area contributed by atoms with Crippen molar-refractivity contribution in [1.29, 1.82) is 0 Å². The van der Waals surface area contributed by atoms with Crippen LogP contribution in [0.5, 0.6) is 0 Å². The monoisotopic (exact) mass is 175 g/mol. The first-order valence-electron chi connectivity index (χ1n) is 2.50. The molecule has 0 saturated heterocycles. The van der Waals surface area contributed by atoms with Gasteiger partial charge in [-0.15, -0.1) is 0 Å². The quantitative estimate of drug-likeness (QED) is 0.567. The summed E-state index contributed by atoms with van der Waals surface area (Å²) in [5.41, 5.74) is 0. The number of nitrogens with two attached hydrogens (primary N) is 1. The molecule has 0 aliphatic heterocycles. The van der Waals surface area contributed by atoms with Crippen LogP contribution in [0.3, 0.4) is 0 Å². The van der Waals surface area contributed by atoms with E-state index in [-0.39, 0.29) is 5.95 Å². The molecular formula is C3H5N5O2S. The van der Waals surface area contributed by atoms with Gasteiger partial charge >= 0.3 is 0 Å². The fraction of sp³-hybridized carbons (Fsp3) is 0. The first-order valence-corrected chi connectivity index (χ1v) is 4.05. The van der Waals surface area contributed by atoms with Gasteiger partial charge in [0.1, 0.15) is 12.7 Å². The third-order valence-electron chi connectivity index (χ3n) is 0.727. The van der Waals surface area contributed by atoms with Crippen LogP contribution in [0.4, 0.5) is 5.95 Å². The van der Waals surface area contributed by atoms with E-state index in [2.05, 4.69) is 20.1 Å². The van der Waals surface area contributed by atoms with Gasteiger partial charge in [-0.1, -0.05) is 0 Å². The number of nitrogens with one attached hydrogen (secondary N) is 1. The van der Waals surface area contributed by atoms with Crippen molar-refractivity contribution in [3.63, 3.8) is 0 Å². The Bertz CT molecular complexity index is 321. The molecule has 0 aromatic carbocycles. The van der Waals surface area contributed by atoms with Gasteiger partial charge in [0.05, 0.1) is 0 Å². The summed E-state index contributed by atoms with van der Waals surface area (Å²) in [6.45, 7) is 0. The molecule has 0 saturated carbocycles. The summed E-state index contributed by atoms with van der Waals surface area (Å²) in [6, 6.07) is 0. The molecule has 11 heavy (non-hydrogen) atoms. The molecule has 0 aliphatic rings.